The molecule has 0 aliphatic carbocycles. The Kier molecular flexibility index (Phi) is 5.20. The Morgan fingerprint density at radius 1 is 1.12 bits per heavy atom. The highest BCUT2D eigenvalue weighted by atomic mass is 19.1. The van der Waals surface area contributed by atoms with Crippen molar-refractivity contribution in [1.82, 2.24) is 9.78 Å². The van der Waals surface area contributed by atoms with Crippen LogP contribution >= 0.6 is 0 Å². The maximum absolute atomic E-state index is 12.9. The van der Waals surface area contributed by atoms with E-state index in [-0.39, 0.29) is 17.9 Å². The van der Waals surface area contributed by atoms with E-state index in [0.29, 0.717) is 17.8 Å². The molecule has 0 unspecified atom stereocenters. The van der Waals surface area contributed by atoms with Crippen LogP contribution in [0.1, 0.15) is 17.2 Å². The van der Waals surface area contributed by atoms with E-state index >= 15 is 0 Å². The summed E-state index contributed by atoms with van der Waals surface area (Å²) in [6, 6.07) is 16.7. The number of rotatable bonds is 6. The van der Waals surface area contributed by atoms with Crippen molar-refractivity contribution in [2.45, 2.75) is 12.6 Å². The van der Waals surface area contributed by atoms with Crippen molar-refractivity contribution in [2.75, 3.05) is 11.9 Å². The van der Waals surface area contributed by atoms with E-state index < -0.39 is 6.10 Å². The molecule has 0 fully saturated rings. The molecule has 6 heteroatoms. The highest BCUT2D eigenvalue weighted by Gasteiger charge is 2.08. The number of nitrogens with zero attached hydrogens (tertiary/aromatic N) is 2. The second-order valence-electron chi connectivity index (χ2n) is 5.67. The molecule has 3 aromatic rings. The zero-order valence-corrected chi connectivity index (χ0v) is 13.5. The first-order valence-electron chi connectivity index (χ1n) is 7.90. The van der Waals surface area contributed by atoms with E-state index in [9.17, 15) is 14.3 Å². The van der Waals surface area contributed by atoms with Crippen molar-refractivity contribution in [1.29, 1.82) is 0 Å². The summed E-state index contributed by atoms with van der Waals surface area (Å²) in [6.07, 6.45) is 0.731. The summed E-state index contributed by atoms with van der Waals surface area (Å²) >= 11 is 0. The predicted octanol–water partition coefficient (Wildman–Crippen LogP) is 2.58. The molecule has 0 amide bonds. The van der Waals surface area contributed by atoms with Gasteiger partial charge in [-0.25, -0.2) is 9.07 Å². The van der Waals surface area contributed by atoms with Gasteiger partial charge in [0.15, 0.2) is 0 Å². The third-order valence-electron chi connectivity index (χ3n) is 3.80. The fourth-order valence-electron chi connectivity index (χ4n) is 2.42. The first kappa shape index (κ1) is 16.9. The molecule has 1 aromatic heterocycles. The maximum atomic E-state index is 12.9. The van der Waals surface area contributed by atoms with Gasteiger partial charge in [0, 0.05) is 12.6 Å². The number of aromatic nitrogens is 2. The molecule has 0 aliphatic rings. The second kappa shape index (κ2) is 7.72. The highest BCUT2D eigenvalue weighted by Crippen LogP contribution is 2.14. The molecule has 0 aliphatic heterocycles. The lowest BCUT2D eigenvalue weighted by Crippen LogP contribution is -2.23. The van der Waals surface area contributed by atoms with E-state index in [0.717, 1.165) is 5.56 Å². The first-order valence-corrected chi connectivity index (χ1v) is 7.90. The molecule has 2 aromatic carbocycles. The van der Waals surface area contributed by atoms with Crippen LogP contribution in [0.25, 0.3) is 0 Å². The molecule has 5 nitrogen and oxygen atoms in total. The minimum atomic E-state index is -0.813. The summed E-state index contributed by atoms with van der Waals surface area (Å²) < 4.78 is 14.3. The normalized spacial score (nSPS) is 11.9. The topological polar surface area (TPSA) is 67.2 Å². The lowest BCUT2D eigenvalue weighted by molar-refractivity contribution is 0.191. The van der Waals surface area contributed by atoms with Gasteiger partial charge in [0.2, 0.25) is 0 Å². The average Bonchev–Trinajstić information content (AvgIpc) is 2.63. The molecule has 25 heavy (non-hydrogen) atoms. The Morgan fingerprint density at radius 3 is 2.52 bits per heavy atom. The number of aliphatic hydroxyl groups is 1. The van der Waals surface area contributed by atoms with E-state index in [1.807, 2.05) is 30.3 Å². The summed E-state index contributed by atoms with van der Waals surface area (Å²) in [7, 11) is 0. The first-order chi connectivity index (χ1) is 12.1. The Balaban J connectivity index is 1.63. The van der Waals surface area contributed by atoms with Crippen LogP contribution in [0.2, 0.25) is 0 Å². The summed E-state index contributed by atoms with van der Waals surface area (Å²) in [5, 5.41) is 17.2. The monoisotopic (exact) mass is 339 g/mol. The molecule has 128 valence electrons. The van der Waals surface area contributed by atoms with Gasteiger partial charge in [-0.3, -0.25) is 4.79 Å². The quantitative estimate of drug-likeness (QED) is 0.724. The lowest BCUT2D eigenvalue weighted by Gasteiger charge is -2.13. The van der Waals surface area contributed by atoms with Crippen molar-refractivity contribution in [3.63, 3.8) is 0 Å². The minimum absolute atomic E-state index is 0.190. The molecule has 0 saturated carbocycles. The van der Waals surface area contributed by atoms with Gasteiger partial charge in [0.05, 0.1) is 24.5 Å². The van der Waals surface area contributed by atoms with Crippen LogP contribution in [-0.4, -0.2) is 21.4 Å². The Morgan fingerprint density at radius 2 is 1.84 bits per heavy atom. The number of hydrogen-bond acceptors (Lipinski definition) is 4. The summed E-state index contributed by atoms with van der Waals surface area (Å²) in [4.78, 5) is 12.2. The average molecular weight is 339 g/mol. The maximum Gasteiger partial charge on any atom is 0.269 e. The summed E-state index contributed by atoms with van der Waals surface area (Å²) in [5.74, 6) is -0.352. The lowest BCUT2D eigenvalue weighted by atomic mass is 10.1. The molecule has 1 heterocycles. The van der Waals surface area contributed by atoms with Gasteiger partial charge < -0.3 is 10.4 Å². The number of halogens is 1. The standard InChI is InChI=1S/C19H18FN3O2/c20-16-8-6-15(7-9-16)18(24)12-21-17-10-19(25)23(22-11-17)13-14-4-2-1-3-5-14/h1-11,18,21,24H,12-13H2/t18-/m1/s1. The molecule has 0 radical (unpaired) electrons. The molecule has 3 rings (SSSR count). The molecule has 1 atom stereocenters. The molecular formula is C19H18FN3O2. The zero-order chi connectivity index (χ0) is 17.6. The van der Waals surface area contributed by atoms with E-state index in [2.05, 4.69) is 10.4 Å². The third-order valence-corrected chi connectivity index (χ3v) is 3.80. The fraction of sp³-hybridized carbons (Fsp3) is 0.158. The Labute approximate surface area is 144 Å². The number of aliphatic hydroxyl groups excluding tert-OH is 1. The van der Waals surface area contributed by atoms with Gasteiger partial charge >= 0.3 is 0 Å². The predicted molar refractivity (Wildman–Crippen MR) is 93.9 cm³/mol. The summed E-state index contributed by atoms with van der Waals surface area (Å²) in [6.45, 7) is 0.591. The molecular weight excluding hydrogens is 321 g/mol. The highest BCUT2D eigenvalue weighted by molar-refractivity contribution is 5.39. The van der Waals surface area contributed by atoms with Crippen molar-refractivity contribution in [3.05, 3.63) is 94.2 Å². The van der Waals surface area contributed by atoms with Crippen LogP contribution in [0.4, 0.5) is 10.1 Å². The number of anilines is 1. The van der Waals surface area contributed by atoms with Gasteiger partial charge in [-0.2, -0.15) is 5.10 Å². The van der Waals surface area contributed by atoms with Gasteiger partial charge in [-0.05, 0) is 23.3 Å². The van der Waals surface area contributed by atoms with Crippen molar-refractivity contribution >= 4 is 5.69 Å². The number of nitrogens with one attached hydrogen (secondary N) is 1. The van der Waals surface area contributed by atoms with Gasteiger partial charge in [0.1, 0.15) is 5.82 Å². The van der Waals surface area contributed by atoms with E-state index in [1.54, 1.807) is 6.20 Å². The minimum Gasteiger partial charge on any atom is -0.387 e. The van der Waals surface area contributed by atoms with Crippen LogP contribution in [0.15, 0.2) is 71.7 Å². The van der Waals surface area contributed by atoms with Gasteiger partial charge in [-0.1, -0.05) is 42.5 Å². The molecule has 0 spiro atoms. The molecule has 2 N–H and O–H groups in total. The van der Waals surface area contributed by atoms with Crippen LogP contribution in [-0.2, 0) is 6.54 Å². The van der Waals surface area contributed by atoms with Gasteiger partial charge in [-0.15, -0.1) is 0 Å². The Hall–Kier alpha value is -2.99. The van der Waals surface area contributed by atoms with Crippen molar-refractivity contribution in [3.8, 4) is 0 Å². The molecule has 0 saturated heterocycles. The van der Waals surface area contributed by atoms with Crippen LogP contribution < -0.4 is 10.9 Å². The molecule has 0 bridgehead atoms. The van der Waals surface area contributed by atoms with Crippen LogP contribution in [0.5, 0.6) is 0 Å². The van der Waals surface area contributed by atoms with Crippen molar-refractivity contribution < 1.29 is 9.50 Å². The van der Waals surface area contributed by atoms with Crippen LogP contribution in [0, 0.1) is 5.82 Å². The summed E-state index contributed by atoms with van der Waals surface area (Å²) in [5.41, 5.74) is 1.88. The second-order valence-corrected chi connectivity index (χ2v) is 5.67. The number of benzene rings is 2. The van der Waals surface area contributed by atoms with E-state index in [1.165, 1.54) is 35.0 Å². The smallest absolute Gasteiger partial charge is 0.269 e. The fourth-order valence-corrected chi connectivity index (χ4v) is 2.42. The van der Waals surface area contributed by atoms with Gasteiger partial charge in [0.25, 0.3) is 5.56 Å². The Bertz CT molecular complexity index is 879. The third kappa shape index (κ3) is 4.51. The van der Waals surface area contributed by atoms with Crippen molar-refractivity contribution in [2.24, 2.45) is 0 Å². The van der Waals surface area contributed by atoms with Crippen LogP contribution in [0.3, 0.4) is 0 Å². The number of hydrogen-bond donors (Lipinski definition) is 2. The van der Waals surface area contributed by atoms with E-state index in [4.69, 9.17) is 0 Å². The largest absolute Gasteiger partial charge is 0.387 e. The zero-order valence-electron chi connectivity index (χ0n) is 13.5. The SMILES string of the molecule is O=c1cc(NC[C@@H](O)c2ccc(F)cc2)cnn1Cc1ccccc1.